The lowest BCUT2D eigenvalue weighted by atomic mass is 10.7. The van der Waals surface area contributed by atoms with Crippen molar-refractivity contribution >= 4 is 17.6 Å². The molecule has 0 bridgehead atoms. The van der Waals surface area contributed by atoms with Crippen LogP contribution < -0.4 is 0 Å². The SMILES string of the molecule is S=CC1n2ccn21. The number of hydrogen-bond donors (Lipinski definition) is 0. The van der Waals surface area contributed by atoms with Crippen molar-refractivity contribution in [1.29, 1.82) is 0 Å². The first-order valence-corrected chi connectivity index (χ1v) is 2.61. The molecule has 0 unspecified atom stereocenters. The fourth-order valence-electron chi connectivity index (χ4n) is 0.735. The second-order valence-corrected chi connectivity index (χ2v) is 1.88. The van der Waals surface area contributed by atoms with E-state index in [2.05, 4.69) is 21.6 Å². The zero-order valence-corrected chi connectivity index (χ0v) is 4.43. The van der Waals surface area contributed by atoms with Crippen molar-refractivity contribution in [3.8, 4) is 0 Å². The Morgan fingerprint density at radius 1 is 1.43 bits per heavy atom. The molecule has 3 heteroatoms. The Bertz CT molecular complexity index is 180. The molecule has 0 atom stereocenters. The van der Waals surface area contributed by atoms with Gasteiger partial charge in [-0.25, -0.2) is 0 Å². The maximum Gasteiger partial charge on any atom is 0.168 e. The van der Waals surface area contributed by atoms with E-state index in [1.54, 1.807) is 5.37 Å². The van der Waals surface area contributed by atoms with E-state index in [0.29, 0.717) is 6.17 Å². The van der Waals surface area contributed by atoms with Crippen molar-refractivity contribution < 1.29 is 0 Å². The average molecular weight is 112 g/mol. The third-order valence-electron chi connectivity index (χ3n) is 1.25. The number of thiocarbonyl (C=S) groups is 1. The predicted molar refractivity (Wildman–Crippen MR) is 30.5 cm³/mol. The summed E-state index contributed by atoms with van der Waals surface area (Å²) in [4.78, 5) is 0. The van der Waals surface area contributed by atoms with Crippen LogP contribution in [-0.4, -0.2) is 14.7 Å². The molecule has 2 rings (SSSR count). The Morgan fingerprint density at radius 2 is 2.00 bits per heavy atom. The Balaban J connectivity index is 2.35. The quantitative estimate of drug-likeness (QED) is 0.485. The fraction of sp³-hybridized carbons (Fsp3) is 0.250. The summed E-state index contributed by atoms with van der Waals surface area (Å²) in [7, 11) is 0. The molecule has 0 saturated heterocycles. The van der Waals surface area contributed by atoms with Gasteiger partial charge >= 0.3 is 0 Å². The number of rotatable bonds is 1. The Morgan fingerprint density at radius 3 is 2.14 bits per heavy atom. The Labute approximate surface area is 46.3 Å². The minimum atomic E-state index is 0.426. The monoisotopic (exact) mass is 112 g/mol. The molecule has 0 aromatic carbocycles. The maximum atomic E-state index is 4.68. The van der Waals surface area contributed by atoms with Crippen LogP contribution in [-0.2, 0) is 0 Å². The highest BCUT2D eigenvalue weighted by molar-refractivity contribution is 7.79. The van der Waals surface area contributed by atoms with E-state index >= 15 is 0 Å². The molecule has 1 aliphatic rings. The van der Waals surface area contributed by atoms with Crippen LogP contribution in [0.4, 0.5) is 0 Å². The first kappa shape index (κ1) is 3.43. The lowest BCUT2D eigenvalue weighted by Crippen LogP contribution is -1.75. The van der Waals surface area contributed by atoms with Crippen molar-refractivity contribution in [3.05, 3.63) is 12.4 Å². The molecule has 0 fully saturated rings. The van der Waals surface area contributed by atoms with Gasteiger partial charge in [-0.15, -0.1) is 0 Å². The van der Waals surface area contributed by atoms with Gasteiger partial charge in [-0.2, -0.15) is 0 Å². The van der Waals surface area contributed by atoms with Gasteiger partial charge in [0.05, 0.1) is 0 Å². The lowest BCUT2D eigenvalue weighted by molar-refractivity contribution is 0.962. The number of nitrogens with zero attached hydrogens (tertiary/aromatic N) is 2. The van der Waals surface area contributed by atoms with Gasteiger partial charge in [0.25, 0.3) is 0 Å². The van der Waals surface area contributed by atoms with E-state index in [-0.39, 0.29) is 0 Å². The second kappa shape index (κ2) is 0.816. The summed E-state index contributed by atoms with van der Waals surface area (Å²) in [6, 6.07) is 0. The first-order valence-electron chi connectivity index (χ1n) is 2.14. The molecule has 2 heterocycles. The van der Waals surface area contributed by atoms with E-state index < -0.39 is 0 Å². The topological polar surface area (TPSA) is 9.86 Å². The minimum Gasteiger partial charge on any atom is -0.260 e. The summed E-state index contributed by atoms with van der Waals surface area (Å²) < 4.78 is 4.12. The van der Waals surface area contributed by atoms with Gasteiger partial charge in [-0.1, -0.05) is 12.2 Å². The van der Waals surface area contributed by atoms with Crippen molar-refractivity contribution in [2.45, 2.75) is 6.17 Å². The molecule has 36 valence electrons. The normalized spacial score (nSPS) is 16.6. The van der Waals surface area contributed by atoms with Crippen molar-refractivity contribution in [3.63, 3.8) is 0 Å². The molecule has 7 heavy (non-hydrogen) atoms. The molecule has 0 aliphatic carbocycles. The van der Waals surface area contributed by atoms with E-state index in [1.807, 2.05) is 12.4 Å². The Kier molecular flexibility index (Phi) is 0.400. The van der Waals surface area contributed by atoms with E-state index in [1.165, 1.54) is 0 Å². The third-order valence-corrected chi connectivity index (χ3v) is 1.49. The van der Waals surface area contributed by atoms with Gasteiger partial charge in [0.1, 0.15) is 0 Å². The average Bonchev–Trinajstić information content (AvgIpc) is 2.07. The summed E-state index contributed by atoms with van der Waals surface area (Å²) >= 11 is 4.68. The molecule has 0 N–H and O–H groups in total. The van der Waals surface area contributed by atoms with Gasteiger partial charge < -0.3 is 0 Å². The van der Waals surface area contributed by atoms with Crippen LogP contribution in [0, 0.1) is 0 Å². The molecule has 1 aromatic heterocycles. The van der Waals surface area contributed by atoms with Gasteiger partial charge in [-0.05, 0) is 0 Å². The summed E-state index contributed by atoms with van der Waals surface area (Å²) in [6.07, 6.45) is 4.44. The third kappa shape index (κ3) is 0.237. The van der Waals surface area contributed by atoms with E-state index in [0.717, 1.165) is 0 Å². The van der Waals surface area contributed by atoms with Gasteiger partial charge in [0, 0.05) is 17.8 Å². The highest BCUT2D eigenvalue weighted by atomic mass is 32.1. The lowest BCUT2D eigenvalue weighted by Gasteiger charge is -1.75. The summed E-state index contributed by atoms with van der Waals surface area (Å²) in [5.74, 6) is 0. The van der Waals surface area contributed by atoms with Gasteiger partial charge in [0.15, 0.2) is 6.17 Å². The molecule has 2 nitrogen and oxygen atoms in total. The van der Waals surface area contributed by atoms with Crippen molar-refractivity contribution in [2.24, 2.45) is 0 Å². The van der Waals surface area contributed by atoms with Gasteiger partial charge in [-0.3, -0.25) is 9.36 Å². The van der Waals surface area contributed by atoms with E-state index in [4.69, 9.17) is 0 Å². The fourth-order valence-corrected chi connectivity index (χ4v) is 0.985. The zero-order chi connectivity index (χ0) is 4.85. The summed E-state index contributed by atoms with van der Waals surface area (Å²) in [5, 5.41) is 1.75. The number of fused-ring (bicyclic) bond motifs is 1. The van der Waals surface area contributed by atoms with Gasteiger partial charge in [0.2, 0.25) is 0 Å². The number of hydrogen-bond acceptors (Lipinski definition) is 1. The van der Waals surface area contributed by atoms with Crippen LogP contribution >= 0.6 is 12.2 Å². The molecule has 0 radical (unpaired) electrons. The molecule has 0 amide bonds. The van der Waals surface area contributed by atoms with Crippen molar-refractivity contribution in [1.82, 2.24) is 9.36 Å². The zero-order valence-electron chi connectivity index (χ0n) is 3.61. The maximum absolute atomic E-state index is 4.68. The summed E-state index contributed by atoms with van der Waals surface area (Å²) in [6.45, 7) is 0. The van der Waals surface area contributed by atoms with Crippen LogP contribution in [0.25, 0.3) is 0 Å². The largest absolute Gasteiger partial charge is 0.260 e. The minimum absolute atomic E-state index is 0.426. The number of aromatic nitrogens is 2. The summed E-state index contributed by atoms with van der Waals surface area (Å²) in [5.41, 5.74) is 0. The smallest absolute Gasteiger partial charge is 0.168 e. The molecular formula is C4H4N2S. The van der Waals surface area contributed by atoms with Crippen LogP contribution in [0.5, 0.6) is 0 Å². The Hall–Kier alpha value is -0.570. The predicted octanol–water partition coefficient (Wildman–Crippen LogP) is 0.650. The highest BCUT2D eigenvalue weighted by Crippen LogP contribution is 2.23. The molecule has 0 spiro atoms. The van der Waals surface area contributed by atoms with Crippen LogP contribution in [0.2, 0.25) is 0 Å². The van der Waals surface area contributed by atoms with Crippen molar-refractivity contribution in [2.75, 3.05) is 0 Å². The second-order valence-electron chi connectivity index (χ2n) is 1.61. The molecule has 1 aliphatic heterocycles. The molecular weight excluding hydrogens is 108 g/mol. The van der Waals surface area contributed by atoms with E-state index in [9.17, 15) is 0 Å². The van der Waals surface area contributed by atoms with Crippen LogP contribution in [0.15, 0.2) is 12.4 Å². The van der Waals surface area contributed by atoms with Crippen LogP contribution in [0.3, 0.4) is 0 Å². The molecule has 1 aromatic rings. The van der Waals surface area contributed by atoms with Crippen LogP contribution in [0.1, 0.15) is 6.17 Å². The first-order chi connectivity index (χ1) is 3.43. The standard InChI is InChI=1S/C4H4N2S/c7-3-4-5-1-2-6(4)5/h1-4H. The highest BCUT2D eigenvalue weighted by Gasteiger charge is 2.27. The molecule has 0 saturated carbocycles.